The van der Waals surface area contributed by atoms with Crippen molar-refractivity contribution in [3.05, 3.63) is 48.5 Å². The molecule has 1 saturated carbocycles. The summed E-state index contributed by atoms with van der Waals surface area (Å²) in [4.78, 5) is 19.7. The number of rotatable bonds is 5. The maximum absolute atomic E-state index is 11.6. The molecule has 1 N–H and O–H groups in total. The molecule has 0 radical (unpaired) electrons. The Kier molecular flexibility index (Phi) is 5.76. The Labute approximate surface area is 148 Å². The van der Waals surface area contributed by atoms with Crippen molar-refractivity contribution in [1.82, 2.24) is 15.3 Å². The van der Waals surface area contributed by atoms with Gasteiger partial charge in [0.25, 0.3) is 0 Å². The molecule has 0 unspecified atom stereocenters. The molecule has 5 nitrogen and oxygen atoms in total. The van der Waals surface area contributed by atoms with Crippen molar-refractivity contribution < 1.29 is 9.53 Å². The number of ether oxygens (including phenoxy) is 1. The largest absolute Gasteiger partial charge is 0.469 e. The fourth-order valence-electron chi connectivity index (χ4n) is 3.52. The van der Waals surface area contributed by atoms with Gasteiger partial charge in [-0.1, -0.05) is 24.3 Å². The number of benzene rings is 1. The molecule has 1 aliphatic carbocycles. The van der Waals surface area contributed by atoms with Gasteiger partial charge in [0.05, 0.1) is 13.0 Å². The first-order valence-electron chi connectivity index (χ1n) is 8.86. The van der Waals surface area contributed by atoms with Crippen LogP contribution in [0.5, 0.6) is 0 Å². The molecule has 1 atom stereocenters. The summed E-state index contributed by atoms with van der Waals surface area (Å²) in [5.74, 6) is 0.0118. The Morgan fingerprint density at radius 2 is 1.72 bits per heavy atom. The molecule has 3 rings (SSSR count). The van der Waals surface area contributed by atoms with Crippen LogP contribution in [0.25, 0.3) is 11.1 Å². The van der Waals surface area contributed by atoms with Crippen molar-refractivity contribution in [3.8, 4) is 11.1 Å². The van der Waals surface area contributed by atoms with Crippen LogP contribution in [0.15, 0.2) is 43.0 Å². The lowest BCUT2D eigenvalue weighted by Gasteiger charge is -2.30. The topological polar surface area (TPSA) is 64.1 Å². The summed E-state index contributed by atoms with van der Waals surface area (Å²) in [5, 5.41) is 3.70. The molecule has 0 amide bonds. The monoisotopic (exact) mass is 339 g/mol. The van der Waals surface area contributed by atoms with Crippen LogP contribution in [0.4, 0.5) is 0 Å². The van der Waals surface area contributed by atoms with Crippen LogP contribution in [0.1, 0.15) is 44.2 Å². The predicted molar refractivity (Wildman–Crippen MR) is 96.8 cm³/mol. The third-order valence-electron chi connectivity index (χ3n) is 5.05. The highest BCUT2D eigenvalue weighted by Crippen LogP contribution is 2.27. The second kappa shape index (κ2) is 8.21. The molecule has 0 saturated heterocycles. The first kappa shape index (κ1) is 17.5. The summed E-state index contributed by atoms with van der Waals surface area (Å²) >= 11 is 0. The van der Waals surface area contributed by atoms with E-state index in [0.717, 1.165) is 36.8 Å². The Hall–Kier alpha value is -2.27. The highest BCUT2D eigenvalue weighted by Gasteiger charge is 2.27. The Morgan fingerprint density at radius 3 is 2.32 bits per heavy atom. The van der Waals surface area contributed by atoms with Crippen LogP contribution in [-0.2, 0) is 9.53 Å². The lowest BCUT2D eigenvalue weighted by atomic mass is 9.85. The van der Waals surface area contributed by atoms with Crippen molar-refractivity contribution in [1.29, 1.82) is 0 Å². The van der Waals surface area contributed by atoms with Gasteiger partial charge in [-0.3, -0.25) is 4.79 Å². The summed E-state index contributed by atoms with van der Waals surface area (Å²) in [6, 6.07) is 9.26. The molecule has 0 aliphatic heterocycles. The van der Waals surface area contributed by atoms with Crippen molar-refractivity contribution in [3.63, 3.8) is 0 Å². The van der Waals surface area contributed by atoms with Crippen molar-refractivity contribution in [2.24, 2.45) is 5.92 Å². The zero-order valence-corrected chi connectivity index (χ0v) is 14.8. The van der Waals surface area contributed by atoms with Gasteiger partial charge in [0.15, 0.2) is 0 Å². The maximum atomic E-state index is 11.6. The number of esters is 1. The standard InChI is InChI=1S/C20H25N3O2/c1-14(23-19-9-7-17(8-10-19)20(24)25-2)15-3-5-16(6-4-15)18-11-21-13-22-12-18/h3-6,11-14,17,19,23H,7-10H2,1-2H3/t14-,17?,19?/m1/s1. The minimum Gasteiger partial charge on any atom is -0.469 e. The number of nitrogens with zero attached hydrogens (tertiary/aromatic N) is 2. The number of hydrogen-bond donors (Lipinski definition) is 1. The minimum atomic E-state index is -0.0630. The van der Waals surface area contributed by atoms with Gasteiger partial charge >= 0.3 is 5.97 Å². The number of hydrogen-bond acceptors (Lipinski definition) is 5. The van der Waals surface area contributed by atoms with E-state index in [1.54, 1.807) is 6.33 Å². The van der Waals surface area contributed by atoms with Gasteiger partial charge in [-0.05, 0) is 43.7 Å². The Bertz CT molecular complexity index is 680. The molecule has 5 heteroatoms. The molecule has 2 aromatic rings. The highest BCUT2D eigenvalue weighted by molar-refractivity contribution is 5.72. The number of methoxy groups -OCH3 is 1. The van der Waals surface area contributed by atoms with E-state index in [1.807, 2.05) is 12.4 Å². The van der Waals surface area contributed by atoms with Crippen molar-refractivity contribution in [2.75, 3.05) is 7.11 Å². The van der Waals surface area contributed by atoms with Crippen LogP contribution in [0.2, 0.25) is 0 Å². The van der Waals surface area contributed by atoms with E-state index in [0.29, 0.717) is 6.04 Å². The summed E-state index contributed by atoms with van der Waals surface area (Å²) < 4.78 is 4.85. The summed E-state index contributed by atoms with van der Waals surface area (Å²) in [5.41, 5.74) is 3.40. The Balaban J connectivity index is 1.55. The molecule has 1 aliphatic rings. The predicted octanol–water partition coefficient (Wildman–Crippen LogP) is 3.53. The fourth-order valence-corrected chi connectivity index (χ4v) is 3.52. The molecule has 0 spiro atoms. The number of aromatic nitrogens is 2. The van der Waals surface area contributed by atoms with Crippen molar-refractivity contribution >= 4 is 5.97 Å². The van der Waals surface area contributed by atoms with E-state index >= 15 is 0 Å². The van der Waals surface area contributed by atoms with E-state index in [-0.39, 0.29) is 17.9 Å². The molecular weight excluding hydrogens is 314 g/mol. The summed E-state index contributed by atoms with van der Waals surface area (Å²) in [6.45, 7) is 2.19. The van der Waals surface area contributed by atoms with Crippen LogP contribution < -0.4 is 5.32 Å². The lowest BCUT2D eigenvalue weighted by Crippen LogP contribution is -2.36. The second-order valence-corrected chi connectivity index (χ2v) is 6.71. The van der Waals surface area contributed by atoms with E-state index in [4.69, 9.17) is 4.74 Å². The van der Waals surface area contributed by atoms with Gasteiger partial charge in [-0.25, -0.2) is 9.97 Å². The average Bonchev–Trinajstić information content (AvgIpc) is 2.68. The summed E-state index contributed by atoms with van der Waals surface area (Å²) in [7, 11) is 1.47. The smallest absolute Gasteiger partial charge is 0.308 e. The number of carbonyl (C=O) groups is 1. The zero-order chi connectivity index (χ0) is 17.6. The molecule has 1 fully saturated rings. The zero-order valence-electron chi connectivity index (χ0n) is 14.8. The van der Waals surface area contributed by atoms with Gasteiger partial charge < -0.3 is 10.1 Å². The maximum Gasteiger partial charge on any atom is 0.308 e. The first-order valence-corrected chi connectivity index (χ1v) is 8.86. The van der Waals surface area contributed by atoms with Gasteiger partial charge in [-0.15, -0.1) is 0 Å². The third kappa shape index (κ3) is 4.42. The molecule has 1 aromatic carbocycles. The van der Waals surface area contributed by atoms with Gasteiger partial charge in [0.2, 0.25) is 0 Å². The van der Waals surface area contributed by atoms with Gasteiger partial charge in [-0.2, -0.15) is 0 Å². The lowest BCUT2D eigenvalue weighted by molar-refractivity contribution is -0.146. The first-order chi connectivity index (χ1) is 12.2. The van der Waals surface area contributed by atoms with Gasteiger partial charge in [0, 0.05) is 30.0 Å². The number of nitrogens with one attached hydrogen (secondary N) is 1. The third-order valence-corrected chi connectivity index (χ3v) is 5.05. The summed E-state index contributed by atoms with van der Waals surface area (Å²) in [6.07, 6.45) is 9.03. The fraction of sp³-hybridized carbons (Fsp3) is 0.450. The van der Waals surface area contributed by atoms with Crippen molar-refractivity contribution in [2.45, 2.75) is 44.7 Å². The molecule has 132 valence electrons. The molecular formula is C20H25N3O2. The second-order valence-electron chi connectivity index (χ2n) is 6.71. The SMILES string of the molecule is COC(=O)C1CCC(N[C@H](C)c2ccc(-c3cncnc3)cc2)CC1. The van der Waals surface area contributed by atoms with Crippen LogP contribution in [0, 0.1) is 5.92 Å². The van der Waals surface area contributed by atoms with Crippen LogP contribution >= 0.6 is 0 Å². The van der Waals surface area contributed by atoms with E-state index in [1.165, 1.54) is 12.7 Å². The quantitative estimate of drug-likeness (QED) is 0.844. The number of carbonyl (C=O) groups excluding carboxylic acids is 1. The van der Waals surface area contributed by atoms with E-state index in [9.17, 15) is 4.79 Å². The minimum absolute atomic E-state index is 0.0630. The van der Waals surface area contributed by atoms with Crippen LogP contribution in [-0.4, -0.2) is 29.1 Å². The molecule has 25 heavy (non-hydrogen) atoms. The average molecular weight is 339 g/mol. The molecule has 0 bridgehead atoms. The molecule has 1 heterocycles. The Morgan fingerprint density at radius 1 is 1.08 bits per heavy atom. The molecule has 1 aromatic heterocycles. The van der Waals surface area contributed by atoms with Gasteiger partial charge in [0.1, 0.15) is 6.33 Å². The van der Waals surface area contributed by atoms with E-state index < -0.39 is 0 Å². The highest BCUT2D eigenvalue weighted by atomic mass is 16.5. The normalized spacial score (nSPS) is 21.5. The van der Waals surface area contributed by atoms with E-state index in [2.05, 4.69) is 46.5 Å². The van der Waals surface area contributed by atoms with Crippen LogP contribution in [0.3, 0.4) is 0 Å².